The highest BCUT2D eigenvalue weighted by atomic mass is 19.1. The number of benzene rings is 2. The molecule has 11 heteroatoms. The van der Waals surface area contributed by atoms with Crippen molar-refractivity contribution in [3.05, 3.63) is 105 Å². The fourth-order valence-corrected chi connectivity index (χ4v) is 5.70. The fraction of sp³-hybridized carbons (Fsp3) is 0.207. The highest BCUT2D eigenvalue weighted by molar-refractivity contribution is 5.82. The maximum atomic E-state index is 15.6. The van der Waals surface area contributed by atoms with Crippen LogP contribution in [0.4, 0.5) is 8.78 Å². The summed E-state index contributed by atoms with van der Waals surface area (Å²) in [6.45, 7) is 6.09. The lowest BCUT2D eigenvalue weighted by molar-refractivity contribution is 0.593. The van der Waals surface area contributed by atoms with E-state index in [1.807, 2.05) is 19.1 Å². The summed E-state index contributed by atoms with van der Waals surface area (Å²) >= 11 is 0. The van der Waals surface area contributed by atoms with Crippen LogP contribution in [0.25, 0.3) is 33.7 Å². The average Bonchev–Trinajstić information content (AvgIpc) is 3.63. The number of imidazole rings is 1. The van der Waals surface area contributed by atoms with Crippen LogP contribution in [0.15, 0.2) is 65.6 Å². The van der Waals surface area contributed by atoms with Crippen molar-refractivity contribution in [3.63, 3.8) is 0 Å². The first-order valence-electron chi connectivity index (χ1n) is 13.0. The van der Waals surface area contributed by atoms with Crippen molar-refractivity contribution >= 4 is 16.5 Å². The topological polar surface area (TPSA) is 86.6 Å². The van der Waals surface area contributed by atoms with Gasteiger partial charge in [-0.1, -0.05) is 12.2 Å². The van der Waals surface area contributed by atoms with E-state index < -0.39 is 11.5 Å². The van der Waals surface area contributed by atoms with E-state index in [0.29, 0.717) is 45.8 Å². The minimum atomic E-state index is -0.533. The zero-order valence-corrected chi connectivity index (χ0v) is 22.3. The van der Waals surface area contributed by atoms with Crippen LogP contribution in [-0.4, -0.2) is 35.2 Å². The van der Waals surface area contributed by atoms with Crippen molar-refractivity contribution in [1.82, 2.24) is 39.3 Å². The first-order valence-corrected chi connectivity index (χ1v) is 13.0. The van der Waals surface area contributed by atoms with Gasteiger partial charge in [-0.15, -0.1) is 0 Å². The van der Waals surface area contributed by atoms with Gasteiger partial charge in [0.05, 0.1) is 34.5 Å². The largest absolute Gasteiger partial charge is 0.368 e. The SMILES string of the molecule is Cc1cc(-n2nc3c(c2-n2ccn(-c4ccc5c(cnn5C)c4F)c2=O)[C@H](C)NC2=C3C=CCN2)cc(C)c1F. The lowest BCUT2D eigenvalue weighted by atomic mass is 9.96. The summed E-state index contributed by atoms with van der Waals surface area (Å²) in [6, 6.07) is 6.53. The highest BCUT2D eigenvalue weighted by Gasteiger charge is 2.33. The molecule has 7 rings (SSSR count). The Labute approximate surface area is 227 Å². The predicted molar refractivity (Wildman–Crippen MR) is 148 cm³/mol. The molecule has 3 aromatic heterocycles. The summed E-state index contributed by atoms with van der Waals surface area (Å²) in [6.07, 6.45) is 8.61. The zero-order valence-electron chi connectivity index (χ0n) is 22.3. The molecule has 2 N–H and O–H groups in total. The lowest BCUT2D eigenvalue weighted by Gasteiger charge is -2.28. The summed E-state index contributed by atoms with van der Waals surface area (Å²) < 4.78 is 36.2. The second-order valence-corrected chi connectivity index (χ2v) is 10.2. The molecule has 0 amide bonds. The molecular weight excluding hydrogens is 514 g/mol. The van der Waals surface area contributed by atoms with E-state index in [0.717, 1.165) is 17.0 Å². The van der Waals surface area contributed by atoms with Gasteiger partial charge in [0, 0.05) is 37.1 Å². The molecule has 0 unspecified atom stereocenters. The van der Waals surface area contributed by atoms with Gasteiger partial charge in [-0.2, -0.15) is 10.2 Å². The number of rotatable bonds is 3. The second-order valence-electron chi connectivity index (χ2n) is 10.2. The van der Waals surface area contributed by atoms with E-state index in [1.165, 1.54) is 15.3 Å². The molecule has 1 atom stereocenters. The van der Waals surface area contributed by atoms with E-state index in [2.05, 4.69) is 15.7 Å². The molecule has 2 aliphatic heterocycles. The molecule has 202 valence electrons. The smallest absolute Gasteiger partial charge is 0.338 e. The monoisotopic (exact) mass is 540 g/mol. The number of aromatic nitrogens is 6. The number of aryl methyl sites for hydroxylation is 3. The Morgan fingerprint density at radius 1 is 1.05 bits per heavy atom. The van der Waals surface area contributed by atoms with Gasteiger partial charge in [0.1, 0.15) is 17.3 Å². The molecule has 0 saturated carbocycles. The normalized spacial score (nSPS) is 16.2. The number of allylic oxidation sites excluding steroid dienone is 2. The minimum Gasteiger partial charge on any atom is -0.368 e. The summed E-state index contributed by atoms with van der Waals surface area (Å²) in [5.74, 6) is 0.541. The van der Waals surface area contributed by atoms with E-state index >= 15 is 4.39 Å². The van der Waals surface area contributed by atoms with Crippen LogP contribution in [0, 0.1) is 25.5 Å². The molecule has 0 spiro atoms. The maximum Gasteiger partial charge on any atom is 0.338 e. The second kappa shape index (κ2) is 8.54. The Kier molecular flexibility index (Phi) is 5.15. The van der Waals surface area contributed by atoms with Gasteiger partial charge in [0.2, 0.25) is 0 Å². The summed E-state index contributed by atoms with van der Waals surface area (Å²) in [5, 5.41) is 16.3. The molecule has 5 aromatic rings. The Balaban J connectivity index is 1.49. The molecule has 0 bridgehead atoms. The number of dihydropyridines is 1. The Bertz CT molecular complexity index is 1960. The first kappa shape index (κ1) is 24.1. The van der Waals surface area contributed by atoms with Crippen molar-refractivity contribution < 1.29 is 8.78 Å². The molecule has 2 aromatic carbocycles. The number of fused-ring (bicyclic) bond motifs is 3. The van der Waals surface area contributed by atoms with Gasteiger partial charge < -0.3 is 10.6 Å². The number of hydrogen-bond acceptors (Lipinski definition) is 5. The number of halogens is 2. The third-order valence-corrected chi connectivity index (χ3v) is 7.67. The van der Waals surface area contributed by atoms with Crippen molar-refractivity contribution in [2.75, 3.05) is 6.54 Å². The van der Waals surface area contributed by atoms with Crippen LogP contribution in [0.1, 0.15) is 35.3 Å². The first-order chi connectivity index (χ1) is 19.2. The number of hydrogen-bond donors (Lipinski definition) is 2. The van der Waals surface area contributed by atoms with Crippen LogP contribution >= 0.6 is 0 Å². The van der Waals surface area contributed by atoms with Gasteiger partial charge >= 0.3 is 5.69 Å². The zero-order chi connectivity index (χ0) is 27.9. The Hall–Kier alpha value is -4.93. The van der Waals surface area contributed by atoms with Gasteiger partial charge in [0.15, 0.2) is 11.6 Å². The predicted octanol–water partition coefficient (Wildman–Crippen LogP) is 4.09. The molecular formula is C29H26F2N8O. The third kappa shape index (κ3) is 3.33. The third-order valence-electron chi connectivity index (χ3n) is 7.67. The molecule has 0 fully saturated rings. The standard InChI is InChI=1S/C29H26F2N8O/c1-15-12-18(13-16(2)24(15)30)39-28(23-17(3)34-27-19(26(23)35-39)6-5-9-32-27)38-11-10-37(29(38)40)22-8-7-21-20(25(22)31)14-33-36(21)4/h5-8,10-14,17,32,34H,9H2,1-4H3/t17-/m0/s1. The van der Waals surface area contributed by atoms with E-state index in [4.69, 9.17) is 5.10 Å². The summed E-state index contributed by atoms with van der Waals surface area (Å²) in [4.78, 5) is 14.0. The molecule has 2 aliphatic rings. The van der Waals surface area contributed by atoms with Crippen LogP contribution in [0.2, 0.25) is 0 Å². The molecule has 0 aliphatic carbocycles. The Morgan fingerprint density at radius 2 is 1.80 bits per heavy atom. The van der Waals surface area contributed by atoms with Crippen molar-refractivity contribution in [2.45, 2.75) is 26.8 Å². The summed E-state index contributed by atoms with van der Waals surface area (Å²) in [7, 11) is 1.74. The quantitative estimate of drug-likeness (QED) is 0.360. The molecule has 9 nitrogen and oxygen atoms in total. The van der Waals surface area contributed by atoms with Crippen molar-refractivity contribution in [3.8, 4) is 17.2 Å². The lowest BCUT2D eigenvalue weighted by Crippen LogP contribution is -2.35. The summed E-state index contributed by atoms with van der Waals surface area (Å²) in [5.41, 5.74) is 4.21. The van der Waals surface area contributed by atoms with Crippen LogP contribution in [-0.2, 0) is 7.05 Å². The highest BCUT2D eigenvalue weighted by Crippen LogP contribution is 2.38. The van der Waals surface area contributed by atoms with Crippen LogP contribution in [0.3, 0.4) is 0 Å². The van der Waals surface area contributed by atoms with E-state index in [-0.39, 0.29) is 17.5 Å². The van der Waals surface area contributed by atoms with E-state index in [1.54, 1.807) is 66.9 Å². The van der Waals surface area contributed by atoms with Crippen LogP contribution in [0.5, 0.6) is 0 Å². The maximum absolute atomic E-state index is 15.6. The van der Waals surface area contributed by atoms with Crippen molar-refractivity contribution in [2.24, 2.45) is 7.05 Å². The Morgan fingerprint density at radius 3 is 2.58 bits per heavy atom. The van der Waals surface area contributed by atoms with Gasteiger partial charge in [-0.3, -0.25) is 13.8 Å². The molecule has 0 radical (unpaired) electrons. The molecule has 0 saturated heterocycles. The molecule has 40 heavy (non-hydrogen) atoms. The van der Waals surface area contributed by atoms with Gasteiger partial charge in [-0.05, 0) is 56.2 Å². The van der Waals surface area contributed by atoms with Crippen molar-refractivity contribution in [1.29, 1.82) is 0 Å². The van der Waals surface area contributed by atoms with Crippen LogP contribution < -0.4 is 16.3 Å². The fourth-order valence-electron chi connectivity index (χ4n) is 5.70. The van der Waals surface area contributed by atoms with Gasteiger partial charge in [-0.25, -0.2) is 18.3 Å². The van der Waals surface area contributed by atoms with Gasteiger partial charge in [0.25, 0.3) is 0 Å². The number of nitrogens with zero attached hydrogens (tertiary/aromatic N) is 6. The minimum absolute atomic E-state index is 0.119. The average molecular weight is 541 g/mol. The number of nitrogens with one attached hydrogen (secondary N) is 2. The molecule has 5 heterocycles. The van der Waals surface area contributed by atoms with E-state index in [9.17, 15) is 9.18 Å².